The van der Waals surface area contributed by atoms with Crippen molar-refractivity contribution in [1.82, 2.24) is 9.88 Å². The predicted molar refractivity (Wildman–Crippen MR) is 91.0 cm³/mol. The number of hydrogen-bond acceptors (Lipinski definition) is 3. The molecular weight excluding hydrogens is 304 g/mol. The molecule has 0 spiro atoms. The molecule has 1 aromatic heterocycles. The lowest BCUT2D eigenvalue weighted by molar-refractivity contribution is -0.0228. The zero-order chi connectivity index (χ0) is 16.5. The summed E-state index contributed by atoms with van der Waals surface area (Å²) < 4.78 is 5.80. The summed E-state index contributed by atoms with van der Waals surface area (Å²) in [4.78, 5) is 17.9. The molecule has 2 N–H and O–H groups in total. The monoisotopic (exact) mass is 322 g/mol. The Hall–Kier alpha value is -2.79. The van der Waals surface area contributed by atoms with Gasteiger partial charge in [-0.2, -0.15) is 0 Å². The van der Waals surface area contributed by atoms with E-state index in [2.05, 4.69) is 4.98 Å². The highest BCUT2D eigenvalue weighted by Gasteiger charge is 2.27. The van der Waals surface area contributed by atoms with E-state index in [4.69, 9.17) is 4.74 Å². The first-order valence-corrected chi connectivity index (χ1v) is 7.98. The molecule has 0 aliphatic carbocycles. The highest BCUT2D eigenvalue weighted by atomic mass is 16.5. The van der Waals surface area contributed by atoms with Crippen LogP contribution in [0.15, 0.2) is 54.7 Å². The smallest absolute Gasteiger partial charge is 0.254 e. The molecule has 122 valence electrons. The van der Waals surface area contributed by atoms with E-state index in [0.717, 1.165) is 16.5 Å². The number of aromatic amines is 1. The maximum atomic E-state index is 13.0. The largest absolute Gasteiger partial charge is 0.508 e. The van der Waals surface area contributed by atoms with Crippen molar-refractivity contribution in [2.45, 2.75) is 6.10 Å². The van der Waals surface area contributed by atoms with Gasteiger partial charge in [0.05, 0.1) is 13.2 Å². The number of morpholine rings is 1. The Labute approximate surface area is 139 Å². The number of H-pyrrole nitrogens is 1. The Morgan fingerprint density at radius 3 is 2.96 bits per heavy atom. The molecule has 3 aromatic rings. The Kier molecular flexibility index (Phi) is 3.70. The van der Waals surface area contributed by atoms with Gasteiger partial charge >= 0.3 is 0 Å². The maximum Gasteiger partial charge on any atom is 0.254 e. The third-order valence-corrected chi connectivity index (χ3v) is 4.42. The molecule has 1 fully saturated rings. The summed E-state index contributed by atoms with van der Waals surface area (Å²) >= 11 is 0. The quantitative estimate of drug-likeness (QED) is 0.762. The van der Waals surface area contributed by atoms with Gasteiger partial charge in [-0.25, -0.2) is 0 Å². The molecule has 1 saturated heterocycles. The lowest BCUT2D eigenvalue weighted by Crippen LogP contribution is -2.42. The molecule has 0 saturated carbocycles. The number of carbonyl (C=O) groups is 1. The van der Waals surface area contributed by atoms with Crippen molar-refractivity contribution in [3.63, 3.8) is 0 Å². The Balaban J connectivity index is 1.60. The van der Waals surface area contributed by atoms with Crippen molar-refractivity contribution in [1.29, 1.82) is 0 Å². The molecular formula is C19H18N2O3. The van der Waals surface area contributed by atoms with Gasteiger partial charge in [0.25, 0.3) is 5.91 Å². The van der Waals surface area contributed by atoms with Crippen molar-refractivity contribution in [3.05, 3.63) is 65.9 Å². The van der Waals surface area contributed by atoms with Gasteiger partial charge in [0.15, 0.2) is 0 Å². The molecule has 24 heavy (non-hydrogen) atoms. The third-order valence-electron chi connectivity index (χ3n) is 4.42. The van der Waals surface area contributed by atoms with E-state index >= 15 is 0 Å². The number of phenolic OH excluding ortho intramolecular Hbond substituents is 1. The van der Waals surface area contributed by atoms with Crippen LogP contribution in [0.4, 0.5) is 0 Å². The lowest BCUT2D eigenvalue weighted by Gasteiger charge is -2.33. The number of ether oxygens (including phenoxy) is 1. The predicted octanol–water partition coefficient (Wildman–Crippen LogP) is 3.09. The molecule has 0 unspecified atom stereocenters. The average Bonchev–Trinajstić information content (AvgIpc) is 3.10. The minimum absolute atomic E-state index is 0.00801. The van der Waals surface area contributed by atoms with Crippen molar-refractivity contribution < 1.29 is 14.6 Å². The van der Waals surface area contributed by atoms with Crippen LogP contribution in [-0.4, -0.2) is 40.6 Å². The van der Waals surface area contributed by atoms with Crippen LogP contribution >= 0.6 is 0 Å². The molecule has 2 aromatic carbocycles. The van der Waals surface area contributed by atoms with Crippen LogP contribution in [-0.2, 0) is 4.74 Å². The van der Waals surface area contributed by atoms with Crippen molar-refractivity contribution in [3.8, 4) is 5.75 Å². The number of fused-ring (bicyclic) bond motifs is 1. The molecule has 1 aliphatic rings. The second kappa shape index (κ2) is 6.02. The summed E-state index contributed by atoms with van der Waals surface area (Å²) in [7, 11) is 0. The van der Waals surface area contributed by atoms with E-state index in [1.54, 1.807) is 18.2 Å². The number of hydrogen-bond donors (Lipinski definition) is 2. The summed E-state index contributed by atoms with van der Waals surface area (Å²) in [6.07, 6.45) is 1.62. The fourth-order valence-electron chi connectivity index (χ4n) is 3.20. The number of aromatic hydroxyl groups is 1. The molecule has 5 nitrogen and oxygen atoms in total. The Morgan fingerprint density at radius 1 is 1.21 bits per heavy atom. The van der Waals surface area contributed by atoms with Gasteiger partial charge < -0.3 is 19.7 Å². The van der Waals surface area contributed by atoms with Crippen LogP contribution in [0.1, 0.15) is 22.0 Å². The van der Waals surface area contributed by atoms with Crippen LogP contribution < -0.4 is 0 Å². The van der Waals surface area contributed by atoms with Gasteiger partial charge in [-0.05, 0) is 35.9 Å². The zero-order valence-corrected chi connectivity index (χ0v) is 13.1. The number of nitrogens with one attached hydrogen (secondary N) is 1. The number of carbonyl (C=O) groups excluding carboxylic acids is 1. The van der Waals surface area contributed by atoms with E-state index in [-0.39, 0.29) is 17.8 Å². The Morgan fingerprint density at radius 2 is 2.08 bits per heavy atom. The normalized spacial score (nSPS) is 18.0. The van der Waals surface area contributed by atoms with E-state index in [1.807, 2.05) is 41.4 Å². The maximum absolute atomic E-state index is 13.0. The molecule has 2 heterocycles. The second-order valence-corrected chi connectivity index (χ2v) is 5.95. The molecule has 0 bridgehead atoms. The molecule has 4 rings (SSSR count). The van der Waals surface area contributed by atoms with E-state index < -0.39 is 0 Å². The number of nitrogens with zero attached hydrogens (tertiary/aromatic N) is 1. The van der Waals surface area contributed by atoms with Gasteiger partial charge in [-0.1, -0.05) is 18.2 Å². The van der Waals surface area contributed by atoms with Gasteiger partial charge in [-0.3, -0.25) is 4.79 Å². The fraction of sp³-hybridized carbons (Fsp3) is 0.211. The summed E-state index contributed by atoms with van der Waals surface area (Å²) in [5, 5.41) is 10.6. The Bertz CT molecular complexity index is 887. The van der Waals surface area contributed by atoms with Crippen LogP contribution in [0.2, 0.25) is 0 Å². The highest BCUT2D eigenvalue weighted by Crippen LogP contribution is 2.27. The van der Waals surface area contributed by atoms with Gasteiger partial charge in [0.2, 0.25) is 0 Å². The van der Waals surface area contributed by atoms with Gasteiger partial charge in [0, 0.05) is 29.2 Å². The standard InChI is InChI=1S/C19H18N2O3/c22-14-4-1-3-13(11-14)18-12-21(9-10-24-18)19(23)16-5-2-6-17-15(16)7-8-20-17/h1-8,11,18,20,22H,9-10,12H2/t18-/m1/s1. The van der Waals surface area contributed by atoms with Crippen molar-refractivity contribution in [2.75, 3.05) is 19.7 Å². The van der Waals surface area contributed by atoms with Crippen LogP contribution in [0, 0.1) is 0 Å². The summed E-state index contributed by atoms with van der Waals surface area (Å²) in [5.41, 5.74) is 2.54. The summed E-state index contributed by atoms with van der Waals surface area (Å²) in [6, 6.07) is 14.6. The molecule has 5 heteroatoms. The molecule has 1 atom stereocenters. The number of amides is 1. The minimum atomic E-state index is -0.222. The lowest BCUT2D eigenvalue weighted by atomic mass is 10.1. The number of phenols is 1. The number of aromatic nitrogens is 1. The number of rotatable bonds is 2. The topological polar surface area (TPSA) is 65.6 Å². The SMILES string of the molecule is O=C(c1cccc2[nH]ccc12)N1CCO[C@@H](c2cccc(O)c2)C1. The molecule has 1 amide bonds. The van der Waals surface area contributed by atoms with Gasteiger partial charge in [-0.15, -0.1) is 0 Å². The van der Waals surface area contributed by atoms with Crippen molar-refractivity contribution >= 4 is 16.8 Å². The van der Waals surface area contributed by atoms with E-state index in [0.29, 0.717) is 25.3 Å². The molecule has 0 radical (unpaired) electrons. The average molecular weight is 322 g/mol. The first-order chi connectivity index (χ1) is 11.7. The van der Waals surface area contributed by atoms with E-state index in [1.165, 1.54) is 0 Å². The number of benzene rings is 2. The minimum Gasteiger partial charge on any atom is -0.508 e. The zero-order valence-electron chi connectivity index (χ0n) is 13.1. The second-order valence-electron chi connectivity index (χ2n) is 5.95. The first kappa shape index (κ1) is 14.8. The molecule has 1 aliphatic heterocycles. The van der Waals surface area contributed by atoms with Crippen LogP contribution in [0.25, 0.3) is 10.9 Å². The first-order valence-electron chi connectivity index (χ1n) is 7.98. The van der Waals surface area contributed by atoms with Gasteiger partial charge in [0.1, 0.15) is 11.9 Å². The fourth-order valence-corrected chi connectivity index (χ4v) is 3.20. The van der Waals surface area contributed by atoms with Crippen molar-refractivity contribution in [2.24, 2.45) is 0 Å². The highest BCUT2D eigenvalue weighted by molar-refractivity contribution is 6.06. The van der Waals surface area contributed by atoms with Crippen LogP contribution in [0.5, 0.6) is 5.75 Å². The summed E-state index contributed by atoms with van der Waals surface area (Å²) in [5.74, 6) is 0.213. The summed E-state index contributed by atoms with van der Waals surface area (Å²) in [6.45, 7) is 1.52. The van der Waals surface area contributed by atoms with Crippen LogP contribution in [0.3, 0.4) is 0 Å². The third kappa shape index (κ3) is 2.63. The van der Waals surface area contributed by atoms with E-state index in [9.17, 15) is 9.90 Å².